The van der Waals surface area contributed by atoms with Gasteiger partial charge in [-0.15, -0.1) is 0 Å². The second-order valence-electron chi connectivity index (χ2n) is 1.34. The summed E-state index contributed by atoms with van der Waals surface area (Å²) in [5.41, 5.74) is 0. The first kappa shape index (κ1) is 9.08. The van der Waals surface area contributed by atoms with Gasteiger partial charge in [-0.1, -0.05) is 0 Å². The second kappa shape index (κ2) is 4.48. The molecular weight excluding hydrogens is 105 g/mol. The first-order chi connectivity index (χ1) is 1.73. The molecule has 0 aliphatic heterocycles. The van der Waals surface area contributed by atoms with Gasteiger partial charge in [-0.05, 0) is 21.1 Å². The molecule has 0 unspecified atom stereocenters. The zero-order chi connectivity index (χ0) is 3.58. The van der Waals surface area contributed by atoms with Crippen LogP contribution in [0.5, 0.6) is 0 Å². The van der Waals surface area contributed by atoms with Crippen molar-refractivity contribution in [2.24, 2.45) is 0 Å². The Morgan fingerprint density at radius 1 is 1.00 bits per heavy atom. The van der Waals surface area contributed by atoms with Crippen LogP contribution in [0.1, 0.15) is 0 Å². The monoisotopic (exact) mass is 114 g/mol. The molecule has 0 saturated carbocycles. The molecule has 0 N–H and O–H groups in total. The standard InChI is InChI=1S/C3H9N.Mn/c1-4(2)3;/h1-3H3;. The number of hydrogen-bond donors (Lipinski definition) is 0. The Kier molecular flexibility index (Phi) is 8.14. The van der Waals surface area contributed by atoms with Gasteiger partial charge >= 0.3 is 0 Å². The molecule has 0 atom stereocenters. The zero-order valence-electron chi connectivity index (χ0n) is 3.83. The minimum Gasteiger partial charge on any atom is -0.312 e. The van der Waals surface area contributed by atoms with Crippen molar-refractivity contribution >= 4 is 0 Å². The van der Waals surface area contributed by atoms with E-state index in [4.69, 9.17) is 0 Å². The second-order valence-corrected chi connectivity index (χ2v) is 1.34. The average Bonchev–Trinajstić information content (AvgIpc) is 0.811. The van der Waals surface area contributed by atoms with E-state index in [2.05, 4.69) is 0 Å². The topological polar surface area (TPSA) is 3.24 Å². The van der Waals surface area contributed by atoms with Gasteiger partial charge in [0.1, 0.15) is 0 Å². The van der Waals surface area contributed by atoms with Gasteiger partial charge in [-0.25, -0.2) is 0 Å². The Labute approximate surface area is 43.8 Å². The minimum atomic E-state index is 0. The molecule has 0 spiro atoms. The summed E-state index contributed by atoms with van der Waals surface area (Å²) < 4.78 is 0. The van der Waals surface area contributed by atoms with E-state index in [1.54, 1.807) is 0 Å². The molecule has 0 heterocycles. The van der Waals surface area contributed by atoms with Gasteiger partial charge in [-0.3, -0.25) is 0 Å². The predicted molar refractivity (Wildman–Crippen MR) is 19.6 cm³/mol. The minimum absolute atomic E-state index is 0. The molecule has 0 aromatic rings. The Bertz CT molecular complexity index is 11.6. The Hall–Kier alpha value is 0.479. The summed E-state index contributed by atoms with van der Waals surface area (Å²) in [6.07, 6.45) is 0. The van der Waals surface area contributed by atoms with E-state index in [9.17, 15) is 0 Å². The van der Waals surface area contributed by atoms with Crippen molar-refractivity contribution in [3.8, 4) is 0 Å². The molecule has 0 amide bonds. The average molecular weight is 114 g/mol. The molecular formula is C3H9MnN. The van der Waals surface area contributed by atoms with Crippen molar-refractivity contribution in [1.29, 1.82) is 0 Å². The van der Waals surface area contributed by atoms with Crippen molar-refractivity contribution in [3.63, 3.8) is 0 Å². The summed E-state index contributed by atoms with van der Waals surface area (Å²) in [7, 11) is 6.00. The maximum absolute atomic E-state index is 2.00. The van der Waals surface area contributed by atoms with Crippen LogP contribution < -0.4 is 0 Å². The quantitative estimate of drug-likeness (QED) is 0.406. The van der Waals surface area contributed by atoms with Crippen molar-refractivity contribution in [3.05, 3.63) is 0 Å². The van der Waals surface area contributed by atoms with Crippen LogP contribution in [0.25, 0.3) is 0 Å². The van der Waals surface area contributed by atoms with E-state index in [0.29, 0.717) is 0 Å². The van der Waals surface area contributed by atoms with Gasteiger partial charge in [0.25, 0.3) is 0 Å². The summed E-state index contributed by atoms with van der Waals surface area (Å²) in [4.78, 5) is 2.00. The fraction of sp³-hybridized carbons (Fsp3) is 1.00. The third kappa shape index (κ3) is 120. The Morgan fingerprint density at radius 3 is 1.00 bits per heavy atom. The van der Waals surface area contributed by atoms with Crippen molar-refractivity contribution < 1.29 is 17.1 Å². The van der Waals surface area contributed by atoms with Crippen LogP contribution in [-0.4, -0.2) is 26.0 Å². The van der Waals surface area contributed by atoms with Crippen LogP contribution >= 0.6 is 0 Å². The Morgan fingerprint density at radius 2 is 1.00 bits per heavy atom. The van der Waals surface area contributed by atoms with Crippen molar-refractivity contribution in [2.75, 3.05) is 21.1 Å². The molecule has 2 heteroatoms. The van der Waals surface area contributed by atoms with E-state index in [1.165, 1.54) is 0 Å². The van der Waals surface area contributed by atoms with E-state index in [1.807, 2.05) is 26.0 Å². The van der Waals surface area contributed by atoms with Crippen LogP contribution in [0, 0.1) is 0 Å². The van der Waals surface area contributed by atoms with Gasteiger partial charge < -0.3 is 4.90 Å². The van der Waals surface area contributed by atoms with E-state index < -0.39 is 0 Å². The van der Waals surface area contributed by atoms with Crippen molar-refractivity contribution in [1.82, 2.24) is 4.90 Å². The van der Waals surface area contributed by atoms with Gasteiger partial charge in [0.05, 0.1) is 0 Å². The van der Waals surface area contributed by atoms with Gasteiger partial charge in [-0.2, -0.15) is 0 Å². The molecule has 1 nitrogen and oxygen atoms in total. The maximum Gasteiger partial charge on any atom is 0 e. The van der Waals surface area contributed by atoms with Crippen LogP contribution in [0.3, 0.4) is 0 Å². The summed E-state index contributed by atoms with van der Waals surface area (Å²) in [6, 6.07) is 0. The van der Waals surface area contributed by atoms with E-state index in [-0.39, 0.29) is 17.1 Å². The SMILES string of the molecule is CN(C)C.[Mn]. The molecule has 0 aliphatic carbocycles. The molecule has 0 bridgehead atoms. The molecule has 0 saturated heterocycles. The maximum atomic E-state index is 2.00. The summed E-state index contributed by atoms with van der Waals surface area (Å²) in [5, 5.41) is 0. The summed E-state index contributed by atoms with van der Waals surface area (Å²) in [5.74, 6) is 0. The third-order valence-electron chi connectivity index (χ3n) is 0. The van der Waals surface area contributed by atoms with Crippen LogP contribution in [-0.2, 0) is 17.1 Å². The molecule has 0 fully saturated rings. The number of nitrogens with zero attached hydrogens (tertiary/aromatic N) is 1. The van der Waals surface area contributed by atoms with Gasteiger partial charge in [0.2, 0.25) is 0 Å². The van der Waals surface area contributed by atoms with E-state index >= 15 is 0 Å². The molecule has 1 radical (unpaired) electrons. The third-order valence-corrected chi connectivity index (χ3v) is 0. The van der Waals surface area contributed by atoms with Gasteiger partial charge in [0, 0.05) is 17.1 Å². The fourth-order valence-corrected chi connectivity index (χ4v) is 0. The van der Waals surface area contributed by atoms with Crippen LogP contribution in [0.4, 0.5) is 0 Å². The number of rotatable bonds is 0. The Balaban J connectivity index is 0. The summed E-state index contributed by atoms with van der Waals surface area (Å²) >= 11 is 0. The van der Waals surface area contributed by atoms with E-state index in [0.717, 1.165) is 0 Å². The fourth-order valence-electron chi connectivity index (χ4n) is 0. The van der Waals surface area contributed by atoms with Crippen molar-refractivity contribution in [2.45, 2.75) is 0 Å². The first-order valence-electron chi connectivity index (χ1n) is 1.34. The number of hydrogen-bond acceptors (Lipinski definition) is 1. The zero-order valence-corrected chi connectivity index (χ0v) is 5.01. The smallest absolute Gasteiger partial charge is 0 e. The van der Waals surface area contributed by atoms with Crippen LogP contribution in [0.15, 0.2) is 0 Å². The molecule has 0 aliphatic rings. The molecule has 0 aromatic carbocycles. The molecule has 0 aromatic heterocycles. The van der Waals surface area contributed by atoms with Gasteiger partial charge in [0.15, 0.2) is 0 Å². The largest absolute Gasteiger partial charge is 0.312 e. The normalized spacial score (nSPS) is 7.20. The molecule has 0 rings (SSSR count). The van der Waals surface area contributed by atoms with Crippen LogP contribution in [0.2, 0.25) is 0 Å². The predicted octanol–water partition coefficient (Wildman–Crippen LogP) is 0.175. The summed E-state index contributed by atoms with van der Waals surface area (Å²) in [6.45, 7) is 0. The molecule has 5 heavy (non-hydrogen) atoms. The molecule has 33 valence electrons. The first-order valence-corrected chi connectivity index (χ1v) is 1.34.